The van der Waals surface area contributed by atoms with Crippen LogP contribution in [-0.2, 0) is 18.3 Å². The van der Waals surface area contributed by atoms with Crippen LogP contribution in [0.4, 0.5) is 14.5 Å². The Balaban J connectivity index is 0.00000423. The van der Waals surface area contributed by atoms with Crippen LogP contribution < -0.4 is 10.6 Å². The second-order valence-corrected chi connectivity index (χ2v) is 10.2. The van der Waals surface area contributed by atoms with E-state index in [1.807, 2.05) is 6.92 Å². The Morgan fingerprint density at radius 1 is 1.05 bits per heavy atom. The number of ether oxygens (including phenoxy) is 1. The third-order valence-electron chi connectivity index (χ3n) is 7.43. The van der Waals surface area contributed by atoms with E-state index in [0.717, 1.165) is 18.7 Å². The van der Waals surface area contributed by atoms with E-state index in [2.05, 4.69) is 20.7 Å². The largest absolute Gasteiger partial charge is 0.383 e. The molecular weight excluding hydrogens is 580 g/mol. The highest BCUT2D eigenvalue weighted by atomic mass is 35.5. The molecule has 1 saturated heterocycles. The van der Waals surface area contributed by atoms with Crippen LogP contribution in [0.15, 0.2) is 42.7 Å². The van der Waals surface area contributed by atoms with Crippen LogP contribution in [0.2, 0.25) is 0 Å². The first-order valence-electron chi connectivity index (χ1n) is 13.6. The Hall–Kier alpha value is -4.13. The van der Waals surface area contributed by atoms with Crippen molar-refractivity contribution in [1.29, 1.82) is 0 Å². The normalized spacial score (nSPS) is 13.1. The van der Waals surface area contributed by atoms with Crippen molar-refractivity contribution in [3.05, 3.63) is 77.0 Å². The molecule has 2 N–H and O–H groups in total. The molecule has 0 bridgehead atoms. The number of anilines is 1. The molecule has 1 aliphatic heterocycles. The quantitative estimate of drug-likeness (QED) is 0.308. The van der Waals surface area contributed by atoms with Gasteiger partial charge >= 0.3 is 0 Å². The molecule has 2 amide bonds. The van der Waals surface area contributed by atoms with E-state index >= 15 is 8.78 Å². The van der Waals surface area contributed by atoms with Gasteiger partial charge in [-0.15, -0.1) is 12.4 Å². The van der Waals surface area contributed by atoms with Gasteiger partial charge in [0.2, 0.25) is 0 Å². The van der Waals surface area contributed by atoms with E-state index in [0.29, 0.717) is 48.7 Å². The number of rotatable bonds is 8. The Morgan fingerprint density at radius 3 is 2.44 bits per heavy atom. The maximum atomic E-state index is 15.4. The standard InChI is InChI=1S/C30H33F2N7O3.ClH/c1-18-15-20(5-6-21(18)30(41)38-11-9-33-10-12-38)35-29(40)28-34-16-25(37(28)3)23-8-7-22(26(31)27(23)32)24-17-39(13-14-42-4)36-19(24)2;/h5-8,15-17,33H,9-14H2,1-4H3,(H,35,40);1H. The van der Waals surface area contributed by atoms with Crippen molar-refractivity contribution in [3.8, 4) is 22.4 Å². The van der Waals surface area contributed by atoms with E-state index in [4.69, 9.17) is 4.74 Å². The Morgan fingerprint density at radius 2 is 1.74 bits per heavy atom. The summed E-state index contributed by atoms with van der Waals surface area (Å²) in [7, 11) is 3.14. The number of halogens is 3. The van der Waals surface area contributed by atoms with E-state index in [9.17, 15) is 9.59 Å². The van der Waals surface area contributed by atoms with Crippen molar-refractivity contribution in [1.82, 2.24) is 29.5 Å². The summed E-state index contributed by atoms with van der Waals surface area (Å²) < 4.78 is 38.8. The van der Waals surface area contributed by atoms with Gasteiger partial charge in [-0.1, -0.05) is 6.07 Å². The van der Waals surface area contributed by atoms with Gasteiger partial charge in [-0.05, 0) is 43.7 Å². The lowest BCUT2D eigenvalue weighted by atomic mass is 10.0. The molecule has 228 valence electrons. The molecular formula is C30H34ClF2N7O3. The zero-order valence-corrected chi connectivity index (χ0v) is 25.2. The number of methoxy groups -OCH3 is 1. The number of nitrogens with zero attached hydrogens (tertiary/aromatic N) is 5. The number of hydrogen-bond donors (Lipinski definition) is 2. The van der Waals surface area contributed by atoms with Gasteiger partial charge in [0.1, 0.15) is 0 Å². The van der Waals surface area contributed by atoms with E-state index < -0.39 is 17.5 Å². The fourth-order valence-corrected chi connectivity index (χ4v) is 5.11. The highest BCUT2D eigenvalue weighted by Crippen LogP contribution is 2.33. The smallest absolute Gasteiger partial charge is 0.291 e. The average Bonchev–Trinajstić information content (AvgIpc) is 3.55. The first kappa shape index (κ1) is 31.8. The van der Waals surface area contributed by atoms with Crippen molar-refractivity contribution in [2.45, 2.75) is 20.4 Å². The molecule has 0 aliphatic carbocycles. The maximum absolute atomic E-state index is 15.4. The number of carbonyl (C=O) groups excluding carboxylic acids is 2. The zero-order valence-electron chi connectivity index (χ0n) is 24.4. The van der Waals surface area contributed by atoms with Gasteiger partial charge < -0.3 is 24.8 Å². The summed E-state index contributed by atoms with van der Waals surface area (Å²) in [5, 5.41) is 10.4. The van der Waals surface area contributed by atoms with Crippen molar-refractivity contribution < 1.29 is 23.1 Å². The number of carbonyl (C=O) groups is 2. The highest BCUT2D eigenvalue weighted by molar-refractivity contribution is 6.03. The van der Waals surface area contributed by atoms with E-state index in [1.165, 1.54) is 22.9 Å². The van der Waals surface area contributed by atoms with Crippen LogP contribution >= 0.6 is 12.4 Å². The number of aromatic nitrogens is 4. The fraction of sp³-hybridized carbons (Fsp3) is 0.333. The summed E-state index contributed by atoms with van der Waals surface area (Å²) in [5.74, 6) is -2.62. The summed E-state index contributed by atoms with van der Waals surface area (Å²) >= 11 is 0. The molecule has 0 atom stereocenters. The minimum atomic E-state index is -1.05. The molecule has 0 unspecified atom stereocenters. The second-order valence-electron chi connectivity index (χ2n) is 10.2. The molecule has 13 heteroatoms. The monoisotopic (exact) mass is 613 g/mol. The van der Waals surface area contributed by atoms with Crippen molar-refractivity contribution in [2.75, 3.05) is 45.2 Å². The maximum Gasteiger partial charge on any atom is 0.291 e. The molecule has 0 spiro atoms. The summed E-state index contributed by atoms with van der Waals surface area (Å²) in [6, 6.07) is 8.05. The lowest BCUT2D eigenvalue weighted by molar-refractivity contribution is 0.0735. The lowest BCUT2D eigenvalue weighted by Gasteiger charge is -2.28. The van der Waals surface area contributed by atoms with Gasteiger partial charge in [-0.25, -0.2) is 13.8 Å². The fourth-order valence-electron chi connectivity index (χ4n) is 5.11. The summed E-state index contributed by atoms with van der Waals surface area (Å²) in [6.45, 7) is 7.27. The van der Waals surface area contributed by atoms with Crippen molar-refractivity contribution >= 4 is 29.9 Å². The molecule has 10 nitrogen and oxygen atoms in total. The van der Waals surface area contributed by atoms with Gasteiger partial charge in [0.05, 0.1) is 30.7 Å². The number of nitrogens with one attached hydrogen (secondary N) is 2. The van der Waals surface area contributed by atoms with Gasteiger partial charge in [0.25, 0.3) is 11.8 Å². The summed E-state index contributed by atoms with van der Waals surface area (Å²) in [5.41, 5.74) is 3.14. The van der Waals surface area contributed by atoms with Crippen molar-refractivity contribution in [3.63, 3.8) is 0 Å². The molecule has 3 heterocycles. The first-order chi connectivity index (χ1) is 20.2. The second kappa shape index (κ2) is 13.4. The lowest BCUT2D eigenvalue weighted by Crippen LogP contribution is -2.46. The molecule has 1 aliphatic rings. The Kier molecular flexibility index (Phi) is 9.95. The first-order valence-corrected chi connectivity index (χ1v) is 13.6. The molecule has 4 aromatic rings. The average molecular weight is 614 g/mol. The van der Waals surface area contributed by atoms with Crippen LogP contribution in [0.25, 0.3) is 22.4 Å². The molecule has 2 aromatic carbocycles. The molecule has 43 heavy (non-hydrogen) atoms. The van der Waals surface area contributed by atoms with E-state index in [1.54, 1.807) is 55.1 Å². The van der Waals surface area contributed by atoms with Gasteiger partial charge in [0.15, 0.2) is 17.5 Å². The number of imidazole rings is 1. The Labute approximate surface area is 254 Å². The molecule has 0 saturated carbocycles. The SMILES string of the molecule is COCCn1cc(-c2ccc(-c3cnc(C(=O)Nc4ccc(C(=O)N5CCNCC5)c(C)c4)n3C)c(F)c2F)c(C)n1.Cl. The predicted octanol–water partition coefficient (Wildman–Crippen LogP) is 4.21. The third-order valence-corrected chi connectivity index (χ3v) is 7.43. The van der Waals surface area contributed by atoms with Gasteiger partial charge in [-0.2, -0.15) is 5.10 Å². The van der Waals surface area contributed by atoms with Crippen LogP contribution in [0.3, 0.4) is 0 Å². The van der Waals surface area contributed by atoms with Crippen LogP contribution in [0, 0.1) is 25.5 Å². The topological polar surface area (TPSA) is 106 Å². The predicted molar refractivity (Wildman–Crippen MR) is 162 cm³/mol. The molecule has 1 fully saturated rings. The number of hydrogen-bond acceptors (Lipinski definition) is 6. The molecule has 5 rings (SSSR count). The van der Waals surface area contributed by atoms with E-state index in [-0.39, 0.29) is 41.0 Å². The van der Waals surface area contributed by atoms with Crippen LogP contribution in [0.5, 0.6) is 0 Å². The number of amides is 2. The van der Waals surface area contributed by atoms with Crippen LogP contribution in [0.1, 0.15) is 32.2 Å². The number of benzene rings is 2. The minimum Gasteiger partial charge on any atom is -0.383 e. The molecule has 2 aromatic heterocycles. The van der Waals surface area contributed by atoms with Gasteiger partial charge in [0, 0.05) is 74.5 Å². The van der Waals surface area contributed by atoms with Gasteiger partial charge in [-0.3, -0.25) is 14.3 Å². The zero-order chi connectivity index (χ0) is 30.0. The summed E-state index contributed by atoms with van der Waals surface area (Å²) in [6.07, 6.45) is 2.99. The minimum absolute atomic E-state index is 0. The summed E-state index contributed by atoms with van der Waals surface area (Å²) in [4.78, 5) is 32.0. The van der Waals surface area contributed by atoms with Crippen molar-refractivity contribution in [2.24, 2.45) is 7.05 Å². The number of aryl methyl sites for hydroxylation is 2. The Bertz CT molecular complexity index is 1650. The third kappa shape index (κ3) is 6.46. The molecule has 0 radical (unpaired) electrons. The van der Waals surface area contributed by atoms with Crippen LogP contribution in [-0.4, -0.2) is 75.9 Å². The highest BCUT2D eigenvalue weighted by Gasteiger charge is 2.24. The number of piperazine rings is 1.